The van der Waals surface area contributed by atoms with Gasteiger partial charge in [-0.15, -0.1) is 0 Å². The Morgan fingerprint density at radius 2 is 1.95 bits per heavy atom. The second-order valence-electron chi connectivity index (χ2n) is 5.12. The summed E-state index contributed by atoms with van der Waals surface area (Å²) in [6.45, 7) is 4.77. The van der Waals surface area contributed by atoms with Gasteiger partial charge in [0.2, 0.25) is 5.91 Å². The standard InChI is InChI=1S/C13H23N3O4/c1-3-5-13(11(18)19)6-7-16(9-13)12(20)15-8-10(17)14-4-2/h3-9H2,1-2H3,(H,14,17)(H,15,20)(H,18,19). The van der Waals surface area contributed by atoms with E-state index in [1.165, 1.54) is 4.90 Å². The lowest BCUT2D eigenvalue weighted by Gasteiger charge is -2.24. The Morgan fingerprint density at radius 1 is 1.25 bits per heavy atom. The molecule has 1 aliphatic heterocycles. The highest BCUT2D eigenvalue weighted by atomic mass is 16.4. The van der Waals surface area contributed by atoms with Crippen molar-refractivity contribution >= 4 is 17.9 Å². The van der Waals surface area contributed by atoms with Gasteiger partial charge in [0, 0.05) is 19.6 Å². The number of carboxylic acids is 1. The molecule has 7 nitrogen and oxygen atoms in total. The number of likely N-dealkylation sites (tertiary alicyclic amines) is 1. The molecule has 114 valence electrons. The van der Waals surface area contributed by atoms with Crippen LogP contribution in [0, 0.1) is 5.41 Å². The maximum atomic E-state index is 11.9. The van der Waals surface area contributed by atoms with Crippen LogP contribution in [-0.2, 0) is 9.59 Å². The quantitative estimate of drug-likeness (QED) is 0.658. The van der Waals surface area contributed by atoms with Crippen LogP contribution in [0.2, 0.25) is 0 Å². The number of rotatable bonds is 6. The number of amides is 3. The van der Waals surface area contributed by atoms with Crippen molar-refractivity contribution in [2.45, 2.75) is 33.1 Å². The van der Waals surface area contributed by atoms with Crippen LogP contribution in [0.1, 0.15) is 33.1 Å². The van der Waals surface area contributed by atoms with Gasteiger partial charge in [-0.3, -0.25) is 9.59 Å². The number of nitrogens with zero attached hydrogens (tertiary/aromatic N) is 1. The van der Waals surface area contributed by atoms with Crippen LogP contribution >= 0.6 is 0 Å². The summed E-state index contributed by atoms with van der Waals surface area (Å²) in [4.78, 5) is 36.1. The van der Waals surface area contributed by atoms with E-state index in [2.05, 4.69) is 10.6 Å². The number of carbonyl (C=O) groups excluding carboxylic acids is 2. The summed E-state index contributed by atoms with van der Waals surface area (Å²) in [5.41, 5.74) is -0.836. The minimum atomic E-state index is -0.849. The lowest BCUT2D eigenvalue weighted by Crippen LogP contribution is -2.45. The third kappa shape index (κ3) is 3.85. The molecule has 3 N–H and O–H groups in total. The van der Waals surface area contributed by atoms with Crippen LogP contribution in [0.15, 0.2) is 0 Å². The molecule has 1 saturated heterocycles. The number of aliphatic carboxylic acids is 1. The summed E-state index contributed by atoms with van der Waals surface area (Å²) in [7, 11) is 0. The van der Waals surface area contributed by atoms with E-state index in [-0.39, 0.29) is 25.0 Å². The Morgan fingerprint density at radius 3 is 2.50 bits per heavy atom. The zero-order chi connectivity index (χ0) is 15.2. The van der Waals surface area contributed by atoms with E-state index in [1.54, 1.807) is 6.92 Å². The average Bonchev–Trinajstić information content (AvgIpc) is 2.82. The first-order valence-electron chi connectivity index (χ1n) is 6.98. The summed E-state index contributed by atoms with van der Waals surface area (Å²) in [6, 6.07) is -0.379. The van der Waals surface area contributed by atoms with Crippen LogP contribution < -0.4 is 10.6 Å². The van der Waals surface area contributed by atoms with E-state index >= 15 is 0 Å². The molecule has 0 radical (unpaired) electrons. The van der Waals surface area contributed by atoms with Crippen molar-refractivity contribution in [3.05, 3.63) is 0 Å². The molecule has 0 aliphatic carbocycles. The molecular weight excluding hydrogens is 262 g/mol. The second-order valence-corrected chi connectivity index (χ2v) is 5.12. The zero-order valence-corrected chi connectivity index (χ0v) is 12.1. The first-order valence-corrected chi connectivity index (χ1v) is 6.98. The molecule has 0 bridgehead atoms. The Bertz CT molecular complexity index is 386. The number of likely N-dealkylation sites (N-methyl/N-ethyl adjacent to an activating group) is 1. The van der Waals surface area contributed by atoms with Gasteiger partial charge in [-0.05, 0) is 19.8 Å². The molecular formula is C13H23N3O4. The number of hydrogen-bond acceptors (Lipinski definition) is 3. The van der Waals surface area contributed by atoms with E-state index in [0.29, 0.717) is 25.9 Å². The highest BCUT2D eigenvalue weighted by Crippen LogP contribution is 2.35. The van der Waals surface area contributed by atoms with E-state index in [1.807, 2.05) is 6.92 Å². The minimum absolute atomic E-state index is 0.0863. The fourth-order valence-corrected chi connectivity index (χ4v) is 2.54. The van der Waals surface area contributed by atoms with Gasteiger partial charge < -0.3 is 20.6 Å². The fourth-order valence-electron chi connectivity index (χ4n) is 2.54. The van der Waals surface area contributed by atoms with Gasteiger partial charge in [-0.2, -0.15) is 0 Å². The van der Waals surface area contributed by atoms with Gasteiger partial charge >= 0.3 is 12.0 Å². The molecule has 0 aromatic rings. The summed E-state index contributed by atoms with van der Waals surface area (Å²) in [5, 5.41) is 14.4. The van der Waals surface area contributed by atoms with Crippen LogP contribution in [0.25, 0.3) is 0 Å². The van der Waals surface area contributed by atoms with Crippen LogP contribution in [0.4, 0.5) is 4.79 Å². The lowest BCUT2D eigenvalue weighted by atomic mass is 9.83. The SMILES string of the molecule is CCCC1(C(=O)O)CCN(C(=O)NCC(=O)NCC)C1. The largest absolute Gasteiger partial charge is 0.481 e. The Labute approximate surface area is 118 Å². The monoisotopic (exact) mass is 285 g/mol. The lowest BCUT2D eigenvalue weighted by molar-refractivity contribution is -0.148. The normalized spacial score (nSPS) is 21.6. The predicted octanol–water partition coefficient (Wildman–Crippen LogP) is 0.409. The topological polar surface area (TPSA) is 98.7 Å². The molecule has 1 fully saturated rings. The molecule has 1 unspecified atom stereocenters. The molecule has 0 aromatic heterocycles. The highest BCUT2D eigenvalue weighted by Gasteiger charge is 2.45. The zero-order valence-electron chi connectivity index (χ0n) is 12.1. The van der Waals surface area contributed by atoms with E-state index < -0.39 is 11.4 Å². The van der Waals surface area contributed by atoms with Crippen molar-refractivity contribution in [3.63, 3.8) is 0 Å². The van der Waals surface area contributed by atoms with E-state index in [4.69, 9.17) is 0 Å². The number of hydrogen-bond donors (Lipinski definition) is 3. The number of nitrogens with one attached hydrogen (secondary N) is 2. The van der Waals surface area contributed by atoms with Crippen molar-refractivity contribution in [2.75, 3.05) is 26.2 Å². The molecule has 1 atom stereocenters. The third-order valence-electron chi connectivity index (χ3n) is 3.60. The Kier molecular flexibility index (Phi) is 5.79. The molecule has 20 heavy (non-hydrogen) atoms. The first-order chi connectivity index (χ1) is 9.45. The van der Waals surface area contributed by atoms with Gasteiger partial charge in [0.05, 0.1) is 12.0 Å². The van der Waals surface area contributed by atoms with Crippen LogP contribution in [0.3, 0.4) is 0 Å². The summed E-state index contributed by atoms with van der Waals surface area (Å²) in [5.74, 6) is -1.10. The number of carbonyl (C=O) groups is 3. The molecule has 3 amide bonds. The third-order valence-corrected chi connectivity index (χ3v) is 3.60. The molecule has 1 rings (SSSR count). The van der Waals surface area contributed by atoms with Crippen molar-refractivity contribution in [2.24, 2.45) is 5.41 Å². The molecule has 1 aliphatic rings. The van der Waals surface area contributed by atoms with Gasteiger partial charge in [0.15, 0.2) is 0 Å². The van der Waals surface area contributed by atoms with Crippen molar-refractivity contribution in [1.29, 1.82) is 0 Å². The first kappa shape index (κ1) is 16.3. The van der Waals surface area contributed by atoms with Crippen molar-refractivity contribution < 1.29 is 19.5 Å². The van der Waals surface area contributed by atoms with E-state index in [9.17, 15) is 19.5 Å². The Hall–Kier alpha value is -1.79. The summed E-state index contributed by atoms with van der Waals surface area (Å²) >= 11 is 0. The van der Waals surface area contributed by atoms with Crippen molar-refractivity contribution in [3.8, 4) is 0 Å². The second kappa shape index (κ2) is 7.12. The smallest absolute Gasteiger partial charge is 0.317 e. The minimum Gasteiger partial charge on any atom is -0.481 e. The molecule has 7 heteroatoms. The van der Waals surface area contributed by atoms with Gasteiger partial charge in [-0.1, -0.05) is 13.3 Å². The number of carboxylic acid groups (broad SMARTS) is 1. The molecule has 0 spiro atoms. The molecule has 0 aromatic carbocycles. The van der Waals surface area contributed by atoms with Crippen LogP contribution in [-0.4, -0.2) is 54.1 Å². The van der Waals surface area contributed by atoms with Gasteiger partial charge in [0.25, 0.3) is 0 Å². The summed E-state index contributed by atoms with van der Waals surface area (Å²) in [6.07, 6.45) is 1.79. The maximum Gasteiger partial charge on any atom is 0.317 e. The summed E-state index contributed by atoms with van der Waals surface area (Å²) < 4.78 is 0. The Balaban J connectivity index is 2.51. The van der Waals surface area contributed by atoms with Crippen LogP contribution in [0.5, 0.6) is 0 Å². The molecule has 1 heterocycles. The average molecular weight is 285 g/mol. The number of urea groups is 1. The van der Waals surface area contributed by atoms with E-state index in [0.717, 1.165) is 6.42 Å². The molecule has 0 saturated carbocycles. The predicted molar refractivity (Wildman–Crippen MR) is 73.2 cm³/mol. The van der Waals surface area contributed by atoms with Gasteiger partial charge in [-0.25, -0.2) is 4.79 Å². The van der Waals surface area contributed by atoms with Gasteiger partial charge in [0.1, 0.15) is 0 Å². The highest BCUT2D eigenvalue weighted by molar-refractivity contribution is 5.85. The fraction of sp³-hybridized carbons (Fsp3) is 0.769. The maximum absolute atomic E-state index is 11.9. The van der Waals surface area contributed by atoms with Crippen molar-refractivity contribution in [1.82, 2.24) is 15.5 Å².